The van der Waals surface area contributed by atoms with Crippen LogP contribution >= 0.6 is 0 Å². The monoisotopic (exact) mass is 594 g/mol. The van der Waals surface area contributed by atoms with Crippen LogP contribution < -0.4 is 20.9 Å². The zero-order chi connectivity index (χ0) is 30.6. The number of anilines is 4. The summed E-state index contributed by atoms with van der Waals surface area (Å²) in [6, 6.07) is 20.6. The molecular weight excluding hydrogens is 563 g/mol. The largest absolute Gasteiger partial charge is 0.461 e. The van der Waals surface area contributed by atoms with Gasteiger partial charge < -0.3 is 30.0 Å². The highest BCUT2D eigenvalue weighted by Crippen LogP contribution is 2.32. The molecule has 1 aliphatic rings. The van der Waals surface area contributed by atoms with Crippen LogP contribution in [0.1, 0.15) is 19.6 Å². The van der Waals surface area contributed by atoms with Gasteiger partial charge in [0.2, 0.25) is 5.91 Å². The molecule has 3 aromatic carbocycles. The molecule has 1 fully saturated rings. The van der Waals surface area contributed by atoms with E-state index in [0.29, 0.717) is 30.4 Å². The van der Waals surface area contributed by atoms with Crippen LogP contribution in [0.25, 0.3) is 33.6 Å². The summed E-state index contributed by atoms with van der Waals surface area (Å²) in [5.74, 6) is 2.09. The van der Waals surface area contributed by atoms with E-state index in [4.69, 9.17) is 19.1 Å². The summed E-state index contributed by atoms with van der Waals surface area (Å²) in [5, 5.41) is 8.63. The number of urea groups is 1. The molecule has 224 valence electrons. The summed E-state index contributed by atoms with van der Waals surface area (Å²) >= 11 is 0. The molecule has 1 saturated heterocycles. The zero-order valence-corrected chi connectivity index (χ0v) is 24.3. The van der Waals surface area contributed by atoms with Crippen molar-refractivity contribution in [2.24, 2.45) is 0 Å². The number of hydrogen-bond acceptors (Lipinski definition) is 7. The number of fused-ring (bicyclic) bond motifs is 1. The van der Waals surface area contributed by atoms with Crippen molar-refractivity contribution in [2.45, 2.75) is 20.3 Å². The molecule has 3 amide bonds. The number of rotatable bonds is 7. The summed E-state index contributed by atoms with van der Waals surface area (Å²) in [6.07, 6.45) is 0.817. The highest BCUT2D eigenvalue weighted by molar-refractivity contribution is 6.00. The van der Waals surface area contributed by atoms with Gasteiger partial charge >= 0.3 is 6.03 Å². The zero-order valence-electron chi connectivity index (χ0n) is 24.3. The molecule has 2 aromatic heterocycles. The minimum atomic E-state index is -0.674. The molecule has 0 bridgehead atoms. The number of hydrogen-bond donors (Lipinski definition) is 3. The standard InChI is InChI=1S/C33H31FN6O4/c1-3-25-10-13-30(44-25)22-6-11-26-29(18-22)37-31(39-32(26)40-14-16-43-17-15-40)21-4-7-23(8-5-21)36-33(42)38-28-12-9-24(19-27(28)34)35-20(2)41/h4-13,18-19H,3,14-17H2,1-2H3,(H,35,41)(H2,36,38,42). The SMILES string of the molecule is CCc1ccc(-c2ccc3c(N4CCOCC4)nc(-c4ccc(NC(=O)Nc5ccc(NC(C)=O)cc5F)cc4)nc3c2)o1. The topological polar surface area (TPSA) is 122 Å². The maximum atomic E-state index is 14.4. The van der Waals surface area contributed by atoms with Crippen molar-refractivity contribution in [3.8, 4) is 22.7 Å². The molecule has 6 rings (SSSR count). The van der Waals surface area contributed by atoms with Gasteiger partial charge in [0.1, 0.15) is 23.2 Å². The molecule has 0 unspecified atom stereocenters. The Morgan fingerprint density at radius 2 is 1.61 bits per heavy atom. The quantitative estimate of drug-likeness (QED) is 0.192. The molecule has 11 heteroatoms. The lowest BCUT2D eigenvalue weighted by atomic mass is 10.1. The van der Waals surface area contributed by atoms with E-state index in [1.807, 2.05) is 42.5 Å². The molecule has 0 spiro atoms. The van der Waals surface area contributed by atoms with Crippen LogP contribution in [0.15, 0.2) is 77.2 Å². The molecule has 0 saturated carbocycles. The number of nitrogens with zero attached hydrogens (tertiary/aromatic N) is 3. The van der Waals surface area contributed by atoms with Crippen molar-refractivity contribution < 1.29 is 23.1 Å². The van der Waals surface area contributed by atoms with Gasteiger partial charge in [-0.3, -0.25) is 4.79 Å². The summed E-state index contributed by atoms with van der Waals surface area (Å²) in [6.45, 7) is 6.07. The van der Waals surface area contributed by atoms with Crippen LogP contribution in [0.2, 0.25) is 0 Å². The fourth-order valence-corrected chi connectivity index (χ4v) is 5.02. The maximum Gasteiger partial charge on any atom is 0.323 e. The number of furan rings is 1. The maximum absolute atomic E-state index is 14.4. The summed E-state index contributed by atoms with van der Waals surface area (Å²) in [5.41, 5.74) is 3.27. The molecule has 0 atom stereocenters. The minimum absolute atomic E-state index is 0.0201. The molecule has 0 radical (unpaired) electrons. The van der Waals surface area contributed by atoms with Gasteiger partial charge in [-0.1, -0.05) is 13.0 Å². The van der Waals surface area contributed by atoms with Crippen molar-refractivity contribution in [2.75, 3.05) is 47.2 Å². The number of amides is 3. The normalized spacial score (nSPS) is 13.1. The second-order valence-electron chi connectivity index (χ2n) is 10.4. The van der Waals surface area contributed by atoms with Gasteiger partial charge in [0, 0.05) is 54.3 Å². The number of morpholine rings is 1. The molecule has 44 heavy (non-hydrogen) atoms. The average Bonchev–Trinajstić information content (AvgIpc) is 3.52. The van der Waals surface area contributed by atoms with Gasteiger partial charge in [-0.05, 0) is 66.7 Å². The van der Waals surface area contributed by atoms with Crippen LogP contribution in [0.3, 0.4) is 0 Å². The fraction of sp³-hybridized carbons (Fsp3) is 0.212. The third kappa shape index (κ3) is 6.37. The van der Waals surface area contributed by atoms with Crippen LogP contribution in [0, 0.1) is 5.82 Å². The van der Waals surface area contributed by atoms with E-state index in [1.54, 1.807) is 12.1 Å². The van der Waals surface area contributed by atoms with Crippen LogP contribution in [0.4, 0.5) is 32.1 Å². The highest BCUT2D eigenvalue weighted by atomic mass is 19.1. The Kier molecular flexibility index (Phi) is 8.20. The van der Waals surface area contributed by atoms with E-state index >= 15 is 0 Å². The first-order chi connectivity index (χ1) is 21.4. The summed E-state index contributed by atoms with van der Waals surface area (Å²) in [4.78, 5) is 35.9. The predicted molar refractivity (Wildman–Crippen MR) is 168 cm³/mol. The number of carbonyl (C=O) groups excluding carboxylic acids is 2. The number of aryl methyl sites for hydroxylation is 1. The fourth-order valence-electron chi connectivity index (χ4n) is 5.02. The van der Waals surface area contributed by atoms with Gasteiger partial charge in [-0.25, -0.2) is 19.2 Å². The molecule has 1 aliphatic heterocycles. The van der Waals surface area contributed by atoms with Crippen molar-refractivity contribution in [1.29, 1.82) is 0 Å². The lowest BCUT2D eigenvalue weighted by Gasteiger charge is -2.29. The van der Waals surface area contributed by atoms with E-state index < -0.39 is 11.8 Å². The lowest BCUT2D eigenvalue weighted by Crippen LogP contribution is -2.37. The number of ether oxygens (including phenoxy) is 1. The number of aromatic nitrogens is 2. The molecule has 0 aliphatic carbocycles. The van der Waals surface area contributed by atoms with E-state index in [-0.39, 0.29) is 11.6 Å². The Balaban J connectivity index is 1.25. The third-order valence-corrected chi connectivity index (χ3v) is 7.22. The minimum Gasteiger partial charge on any atom is -0.461 e. The van der Waals surface area contributed by atoms with Crippen LogP contribution in [-0.4, -0.2) is 48.2 Å². The molecule has 10 nitrogen and oxygen atoms in total. The van der Waals surface area contributed by atoms with Crippen LogP contribution in [-0.2, 0) is 16.0 Å². The second-order valence-corrected chi connectivity index (χ2v) is 10.4. The number of nitrogens with one attached hydrogen (secondary N) is 3. The number of benzene rings is 3. The Labute approximate surface area is 253 Å². The second kappa shape index (κ2) is 12.5. The molecule has 3 heterocycles. The van der Waals surface area contributed by atoms with E-state index in [2.05, 4.69) is 27.8 Å². The van der Waals surface area contributed by atoms with Crippen molar-refractivity contribution >= 4 is 45.7 Å². The molecule has 3 N–H and O–H groups in total. The third-order valence-electron chi connectivity index (χ3n) is 7.22. The molecule has 5 aromatic rings. The van der Waals surface area contributed by atoms with Crippen molar-refractivity contribution in [3.63, 3.8) is 0 Å². The van der Waals surface area contributed by atoms with E-state index in [0.717, 1.165) is 64.9 Å². The van der Waals surface area contributed by atoms with Gasteiger partial charge in [0.25, 0.3) is 0 Å². The first kappa shape index (κ1) is 28.8. The predicted octanol–water partition coefficient (Wildman–Crippen LogP) is 6.70. The first-order valence-electron chi connectivity index (χ1n) is 14.4. The van der Waals surface area contributed by atoms with Crippen LogP contribution in [0.5, 0.6) is 0 Å². The Hall–Kier alpha value is -5.29. The Bertz CT molecular complexity index is 1830. The number of carbonyl (C=O) groups is 2. The summed E-state index contributed by atoms with van der Waals surface area (Å²) in [7, 11) is 0. The molecular formula is C33H31FN6O4. The average molecular weight is 595 g/mol. The van der Waals surface area contributed by atoms with Crippen molar-refractivity contribution in [1.82, 2.24) is 9.97 Å². The Morgan fingerprint density at radius 3 is 2.32 bits per heavy atom. The summed E-state index contributed by atoms with van der Waals surface area (Å²) < 4.78 is 26.0. The van der Waals surface area contributed by atoms with E-state index in [1.165, 1.54) is 19.1 Å². The number of halogens is 1. The van der Waals surface area contributed by atoms with Gasteiger partial charge in [0.05, 0.1) is 24.4 Å². The smallest absolute Gasteiger partial charge is 0.323 e. The van der Waals surface area contributed by atoms with Gasteiger partial charge in [0.15, 0.2) is 5.82 Å². The van der Waals surface area contributed by atoms with Gasteiger partial charge in [-0.15, -0.1) is 0 Å². The van der Waals surface area contributed by atoms with Crippen molar-refractivity contribution in [3.05, 3.63) is 84.4 Å². The lowest BCUT2D eigenvalue weighted by molar-refractivity contribution is -0.114. The van der Waals surface area contributed by atoms with Gasteiger partial charge in [-0.2, -0.15) is 0 Å². The first-order valence-corrected chi connectivity index (χ1v) is 14.4. The van der Waals surface area contributed by atoms with E-state index in [9.17, 15) is 14.0 Å². The highest BCUT2D eigenvalue weighted by Gasteiger charge is 2.19. The Morgan fingerprint density at radius 1 is 0.864 bits per heavy atom.